The topological polar surface area (TPSA) is 92.3 Å². The summed E-state index contributed by atoms with van der Waals surface area (Å²) in [5.74, 6) is -0.545. The van der Waals surface area contributed by atoms with Crippen molar-refractivity contribution >= 4 is 49.7 Å². The van der Waals surface area contributed by atoms with Crippen molar-refractivity contribution in [3.05, 3.63) is 89.4 Å². The molecule has 0 aliphatic heterocycles. The summed E-state index contributed by atoms with van der Waals surface area (Å²) in [7, 11) is -4.00. The zero-order valence-electron chi connectivity index (χ0n) is 17.5. The molecule has 0 unspecified atom stereocenters. The molecule has 0 aliphatic carbocycles. The van der Waals surface area contributed by atoms with E-state index >= 15 is 0 Å². The lowest BCUT2D eigenvalue weighted by molar-refractivity contribution is -0.114. The Morgan fingerprint density at radius 3 is 2.30 bits per heavy atom. The Morgan fingerprint density at radius 2 is 1.64 bits per heavy atom. The average molecular weight is 499 g/mol. The second-order valence-electron chi connectivity index (χ2n) is 7.13. The number of aromatic nitrogens is 2. The molecule has 0 atom stereocenters. The van der Waals surface area contributed by atoms with Crippen LogP contribution in [0.5, 0.6) is 0 Å². The Bertz CT molecular complexity index is 1360. The van der Waals surface area contributed by atoms with Crippen LogP contribution in [-0.4, -0.2) is 31.1 Å². The van der Waals surface area contributed by atoms with Crippen LogP contribution < -0.4 is 9.62 Å². The molecule has 1 N–H and O–H groups in total. The second-order valence-corrected chi connectivity index (χ2v) is 10.4. The SMILES string of the molecule is Cc1ccc(-c2nnc(NC(=O)CN(c3ccc(Cl)cc3)S(=O)(=O)c3ccccc3)s2)cc1. The Morgan fingerprint density at radius 1 is 0.970 bits per heavy atom. The first-order valence-corrected chi connectivity index (χ1v) is 12.5. The minimum Gasteiger partial charge on any atom is -0.299 e. The molecule has 10 heteroatoms. The smallest absolute Gasteiger partial charge is 0.264 e. The number of hydrogen-bond acceptors (Lipinski definition) is 6. The van der Waals surface area contributed by atoms with Crippen molar-refractivity contribution in [1.29, 1.82) is 0 Å². The standard InChI is InChI=1S/C23H19ClN4O3S2/c1-16-7-9-17(10-8-16)22-26-27-23(32-22)25-21(29)15-28(19-13-11-18(24)12-14-19)33(30,31)20-5-3-2-4-6-20/h2-14H,15H2,1H3,(H,25,27,29). The van der Waals surface area contributed by atoms with Gasteiger partial charge in [-0.05, 0) is 43.3 Å². The molecule has 0 spiro atoms. The fourth-order valence-electron chi connectivity index (χ4n) is 3.02. The van der Waals surface area contributed by atoms with Gasteiger partial charge >= 0.3 is 0 Å². The van der Waals surface area contributed by atoms with Gasteiger partial charge in [0.25, 0.3) is 10.0 Å². The largest absolute Gasteiger partial charge is 0.299 e. The number of halogens is 1. The molecule has 168 valence electrons. The Balaban J connectivity index is 1.57. The molecule has 0 saturated carbocycles. The second kappa shape index (κ2) is 9.70. The van der Waals surface area contributed by atoms with Gasteiger partial charge in [0, 0.05) is 10.6 Å². The molecule has 7 nitrogen and oxygen atoms in total. The van der Waals surface area contributed by atoms with Crippen LogP contribution >= 0.6 is 22.9 Å². The lowest BCUT2D eigenvalue weighted by atomic mass is 10.2. The maximum Gasteiger partial charge on any atom is 0.264 e. The van der Waals surface area contributed by atoms with Crippen LogP contribution in [0, 0.1) is 6.92 Å². The van der Waals surface area contributed by atoms with Gasteiger partial charge in [-0.3, -0.25) is 14.4 Å². The summed E-state index contributed by atoms with van der Waals surface area (Å²) >= 11 is 7.17. The van der Waals surface area contributed by atoms with E-state index in [0.29, 0.717) is 15.7 Å². The van der Waals surface area contributed by atoms with E-state index in [0.717, 1.165) is 15.4 Å². The Labute approximate surface area is 200 Å². The highest BCUT2D eigenvalue weighted by Gasteiger charge is 2.27. The van der Waals surface area contributed by atoms with E-state index in [1.165, 1.54) is 23.5 Å². The number of anilines is 2. The van der Waals surface area contributed by atoms with Crippen LogP contribution in [0.2, 0.25) is 5.02 Å². The van der Waals surface area contributed by atoms with Crippen molar-refractivity contribution in [2.45, 2.75) is 11.8 Å². The van der Waals surface area contributed by atoms with Gasteiger partial charge in [-0.1, -0.05) is 71.0 Å². The molecule has 3 aromatic carbocycles. The fraction of sp³-hybridized carbons (Fsp3) is 0.0870. The molecule has 0 radical (unpaired) electrons. The summed E-state index contributed by atoms with van der Waals surface area (Å²) in [5, 5.41) is 12.2. The molecular formula is C23H19ClN4O3S2. The van der Waals surface area contributed by atoms with E-state index in [1.54, 1.807) is 42.5 Å². The molecule has 33 heavy (non-hydrogen) atoms. The summed E-state index contributed by atoms with van der Waals surface area (Å²) in [5.41, 5.74) is 2.32. The first kappa shape index (κ1) is 22.9. The maximum absolute atomic E-state index is 13.3. The number of benzene rings is 3. The zero-order valence-corrected chi connectivity index (χ0v) is 19.9. The van der Waals surface area contributed by atoms with Gasteiger partial charge < -0.3 is 0 Å². The lowest BCUT2D eigenvalue weighted by Gasteiger charge is -2.24. The lowest BCUT2D eigenvalue weighted by Crippen LogP contribution is -2.38. The number of amides is 1. The third-order valence-corrected chi connectivity index (χ3v) is 7.63. The van der Waals surface area contributed by atoms with Crippen molar-refractivity contribution < 1.29 is 13.2 Å². The molecule has 0 aliphatic rings. The number of nitrogens with one attached hydrogen (secondary N) is 1. The number of carbonyl (C=O) groups is 1. The molecule has 4 aromatic rings. The summed E-state index contributed by atoms with van der Waals surface area (Å²) in [4.78, 5) is 12.9. The molecule has 1 aromatic heterocycles. The minimum atomic E-state index is -4.00. The first-order chi connectivity index (χ1) is 15.8. The van der Waals surface area contributed by atoms with E-state index in [1.807, 2.05) is 31.2 Å². The van der Waals surface area contributed by atoms with Gasteiger partial charge in [-0.25, -0.2) is 8.42 Å². The van der Waals surface area contributed by atoms with E-state index in [-0.39, 0.29) is 10.0 Å². The molecular weight excluding hydrogens is 480 g/mol. The number of hydrogen-bond donors (Lipinski definition) is 1. The van der Waals surface area contributed by atoms with Crippen molar-refractivity contribution in [1.82, 2.24) is 10.2 Å². The summed E-state index contributed by atoms with van der Waals surface area (Å²) < 4.78 is 27.7. The quantitative estimate of drug-likeness (QED) is 0.387. The zero-order chi connectivity index (χ0) is 23.4. The van der Waals surface area contributed by atoms with Gasteiger partial charge in [-0.15, -0.1) is 10.2 Å². The van der Waals surface area contributed by atoms with Gasteiger partial charge in [0.15, 0.2) is 0 Å². The highest BCUT2D eigenvalue weighted by Crippen LogP contribution is 2.28. The number of sulfonamides is 1. The molecule has 0 bridgehead atoms. The number of nitrogens with zero attached hydrogens (tertiary/aromatic N) is 3. The van der Waals surface area contributed by atoms with Crippen molar-refractivity contribution in [2.24, 2.45) is 0 Å². The van der Waals surface area contributed by atoms with Gasteiger partial charge in [0.2, 0.25) is 11.0 Å². The van der Waals surface area contributed by atoms with Crippen molar-refractivity contribution in [3.63, 3.8) is 0 Å². The molecule has 4 rings (SSSR count). The predicted molar refractivity (Wildman–Crippen MR) is 131 cm³/mol. The van der Waals surface area contributed by atoms with Crippen LogP contribution in [0.4, 0.5) is 10.8 Å². The highest BCUT2D eigenvalue weighted by molar-refractivity contribution is 7.92. The number of aryl methyl sites for hydroxylation is 1. The summed E-state index contributed by atoms with van der Waals surface area (Å²) in [6.45, 7) is 1.55. The number of rotatable bonds is 7. The fourth-order valence-corrected chi connectivity index (χ4v) is 5.35. The Hall–Kier alpha value is -3.27. The van der Waals surface area contributed by atoms with Gasteiger partial charge in [-0.2, -0.15) is 0 Å². The van der Waals surface area contributed by atoms with Crippen LogP contribution in [0.1, 0.15) is 5.56 Å². The molecule has 0 fully saturated rings. The summed E-state index contributed by atoms with van der Waals surface area (Å²) in [6.07, 6.45) is 0. The molecule has 0 saturated heterocycles. The van der Waals surface area contributed by atoms with E-state index in [9.17, 15) is 13.2 Å². The monoisotopic (exact) mass is 498 g/mol. The molecule has 1 heterocycles. The average Bonchev–Trinajstić information content (AvgIpc) is 3.27. The third-order valence-electron chi connectivity index (χ3n) is 4.70. The summed E-state index contributed by atoms with van der Waals surface area (Å²) in [6, 6.07) is 22.0. The van der Waals surface area contributed by atoms with Crippen molar-refractivity contribution in [2.75, 3.05) is 16.2 Å². The number of carbonyl (C=O) groups excluding carboxylic acids is 1. The van der Waals surface area contributed by atoms with Crippen LogP contribution in [0.15, 0.2) is 83.8 Å². The minimum absolute atomic E-state index is 0.0744. The van der Waals surface area contributed by atoms with E-state index in [4.69, 9.17) is 11.6 Å². The van der Waals surface area contributed by atoms with Gasteiger partial charge in [0.05, 0.1) is 10.6 Å². The van der Waals surface area contributed by atoms with Crippen LogP contribution in [0.3, 0.4) is 0 Å². The first-order valence-electron chi connectivity index (χ1n) is 9.87. The third kappa shape index (κ3) is 5.39. The normalized spacial score (nSPS) is 11.2. The predicted octanol–water partition coefficient (Wildman–Crippen LogP) is 5.00. The maximum atomic E-state index is 13.3. The van der Waals surface area contributed by atoms with E-state index < -0.39 is 22.5 Å². The molecule has 1 amide bonds. The van der Waals surface area contributed by atoms with Gasteiger partial charge in [0.1, 0.15) is 11.6 Å². The van der Waals surface area contributed by atoms with Crippen LogP contribution in [-0.2, 0) is 14.8 Å². The highest BCUT2D eigenvalue weighted by atomic mass is 35.5. The van der Waals surface area contributed by atoms with Crippen LogP contribution in [0.25, 0.3) is 10.6 Å². The van der Waals surface area contributed by atoms with E-state index in [2.05, 4.69) is 15.5 Å². The Kier molecular flexibility index (Phi) is 6.73. The van der Waals surface area contributed by atoms with Crippen molar-refractivity contribution in [3.8, 4) is 10.6 Å².